The summed E-state index contributed by atoms with van der Waals surface area (Å²) in [6.07, 6.45) is 6.76. The third-order valence-corrected chi connectivity index (χ3v) is 5.56. The zero-order valence-corrected chi connectivity index (χ0v) is 11.8. The van der Waals surface area contributed by atoms with Gasteiger partial charge in [0.25, 0.3) is 0 Å². The molecule has 2 saturated heterocycles. The molecule has 2 unspecified atom stereocenters. The number of hydrogen-bond acceptors (Lipinski definition) is 4. The van der Waals surface area contributed by atoms with Crippen molar-refractivity contribution in [3.63, 3.8) is 0 Å². The van der Waals surface area contributed by atoms with E-state index in [1.54, 1.807) is 0 Å². The molecule has 2 fully saturated rings. The van der Waals surface area contributed by atoms with E-state index in [1.165, 1.54) is 43.6 Å². The highest BCUT2D eigenvalue weighted by atomic mass is 32.2. The number of nitrogens with two attached hydrogens (primary N) is 1. The smallest absolute Gasteiger partial charge is 0.0702 e. The summed E-state index contributed by atoms with van der Waals surface area (Å²) in [6, 6.07) is 0. The van der Waals surface area contributed by atoms with Gasteiger partial charge in [0.2, 0.25) is 0 Å². The van der Waals surface area contributed by atoms with E-state index in [9.17, 15) is 0 Å². The van der Waals surface area contributed by atoms with Gasteiger partial charge in [0, 0.05) is 31.0 Å². The van der Waals surface area contributed by atoms with Crippen LogP contribution in [0.15, 0.2) is 0 Å². The summed E-state index contributed by atoms with van der Waals surface area (Å²) in [5.41, 5.74) is 6.27. The summed E-state index contributed by atoms with van der Waals surface area (Å²) in [6.45, 7) is 2.78. The summed E-state index contributed by atoms with van der Waals surface area (Å²) in [4.78, 5) is 2.48. The van der Waals surface area contributed by atoms with Crippen molar-refractivity contribution in [2.45, 2.75) is 43.7 Å². The van der Waals surface area contributed by atoms with Crippen LogP contribution in [0.5, 0.6) is 0 Å². The highest BCUT2D eigenvalue weighted by Gasteiger charge is 2.36. The minimum Gasteiger partial charge on any atom is -0.377 e. The Morgan fingerprint density at radius 2 is 2.29 bits per heavy atom. The van der Waals surface area contributed by atoms with E-state index in [0.29, 0.717) is 6.10 Å². The molecule has 0 aliphatic carbocycles. The molecule has 0 amide bonds. The maximum Gasteiger partial charge on any atom is 0.0702 e. The molecule has 100 valence electrons. The van der Waals surface area contributed by atoms with Crippen molar-refractivity contribution in [1.29, 1.82) is 0 Å². The molecule has 3 nitrogen and oxygen atoms in total. The Bertz CT molecular complexity index is 225. The second kappa shape index (κ2) is 6.41. The first-order chi connectivity index (χ1) is 8.27. The van der Waals surface area contributed by atoms with Gasteiger partial charge in [-0.3, -0.25) is 4.90 Å². The summed E-state index contributed by atoms with van der Waals surface area (Å²) in [5, 5.41) is 0. The molecule has 2 aliphatic rings. The summed E-state index contributed by atoms with van der Waals surface area (Å²) >= 11 is 2.05. The van der Waals surface area contributed by atoms with Gasteiger partial charge in [0.15, 0.2) is 0 Å². The zero-order valence-electron chi connectivity index (χ0n) is 11.0. The van der Waals surface area contributed by atoms with Crippen molar-refractivity contribution >= 4 is 11.8 Å². The number of hydrogen-bond donors (Lipinski definition) is 1. The first kappa shape index (κ1) is 13.7. The summed E-state index contributed by atoms with van der Waals surface area (Å²) < 4.78 is 5.84. The van der Waals surface area contributed by atoms with Crippen molar-refractivity contribution in [2.75, 3.05) is 38.2 Å². The van der Waals surface area contributed by atoms with Gasteiger partial charge in [-0.2, -0.15) is 11.8 Å². The molecule has 17 heavy (non-hydrogen) atoms. The molecule has 0 bridgehead atoms. The van der Waals surface area contributed by atoms with Gasteiger partial charge in [0.1, 0.15) is 0 Å². The molecule has 2 rings (SSSR count). The van der Waals surface area contributed by atoms with Crippen LogP contribution >= 0.6 is 11.8 Å². The van der Waals surface area contributed by atoms with Crippen molar-refractivity contribution in [3.05, 3.63) is 0 Å². The number of nitrogens with zero attached hydrogens (tertiary/aromatic N) is 1. The molecule has 0 radical (unpaired) electrons. The Hall–Kier alpha value is 0.230. The van der Waals surface area contributed by atoms with Crippen LogP contribution in [0.1, 0.15) is 32.1 Å². The number of rotatable bonds is 4. The lowest BCUT2D eigenvalue weighted by Crippen LogP contribution is -2.57. The molecule has 0 aromatic rings. The fraction of sp³-hybridized carbons (Fsp3) is 1.00. The predicted molar refractivity (Wildman–Crippen MR) is 74.6 cm³/mol. The van der Waals surface area contributed by atoms with E-state index in [1.807, 2.05) is 0 Å². The van der Waals surface area contributed by atoms with Crippen LogP contribution in [0.2, 0.25) is 0 Å². The van der Waals surface area contributed by atoms with Crippen LogP contribution in [0.25, 0.3) is 0 Å². The van der Waals surface area contributed by atoms with Gasteiger partial charge in [-0.05, 0) is 44.9 Å². The minimum absolute atomic E-state index is 0.226. The molecule has 0 aromatic heterocycles. The summed E-state index contributed by atoms with van der Waals surface area (Å²) in [7, 11) is 2.23. The van der Waals surface area contributed by atoms with Crippen molar-refractivity contribution < 1.29 is 4.74 Å². The van der Waals surface area contributed by atoms with Crippen LogP contribution in [0.3, 0.4) is 0 Å². The Morgan fingerprint density at radius 1 is 1.41 bits per heavy atom. The van der Waals surface area contributed by atoms with Crippen molar-refractivity contribution in [1.82, 2.24) is 4.90 Å². The van der Waals surface area contributed by atoms with Gasteiger partial charge in [-0.15, -0.1) is 0 Å². The quantitative estimate of drug-likeness (QED) is 0.833. The van der Waals surface area contributed by atoms with E-state index in [-0.39, 0.29) is 5.54 Å². The number of likely N-dealkylation sites (N-methyl/N-ethyl adjacent to an activating group) is 1. The van der Waals surface area contributed by atoms with Crippen molar-refractivity contribution in [3.8, 4) is 0 Å². The van der Waals surface area contributed by atoms with Gasteiger partial charge in [-0.1, -0.05) is 0 Å². The first-order valence-electron chi connectivity index (χ1n) is 6.87. The lowest BCUT2D eigenvalue weighted by Gasteiger charge is -2.45. The van der Waals surface area contributed by atoms with Crippen LogP contribution in [0, 0.1) is 0 Å². The monoisotopic (exact) mass is 258 g/mol. The van der Waals surface area contributed by atoms with E-state index >= 15 is 0 Å². The first-order valence-corrected chi connectivity index (χ1v) is 8.03. The second-order valence-electron chi connectivity index (χ2n) is 5.45. The van der Waals surface area contributed by atoms with Crippen LogP contribution < -0.4 is 5.73 Å². The predicted octanol–water partition coefficient (Wildman–Crippen LogP) is 1.71. The van der Waals surface area contributed by atoms with E-state index < -0.39 is 0 Å². The third-order valence-electron chi connectivity index (χ3n) is 4.24. The van der Waals surface area contributed by atoms with E-state index in [4.69, 9.17) is 10.5 Å². The van der Waals surface area contributed by atoms with Gasteiger partial charge in [0.05, 0.1) is 6.10 Å². The topological polar surface area (TPSA) is 38.5 Å². The molecule has 0 saturated carbocycles. The van der Waals surface area contributed by atoms with Gasteiger partial charge >= 0.3 is 0 Å². The number of ether oxygens (including phenoxy) is 1. The second-order valence-corrected chi connectivity index (χ2v) is 6.56. The van der Waals surface area contributed by atoms with Gasteiger partial charge in [-0.25, -0.2) is 0 Å². The highest BCUT2D eigenvalue weighted by Crippen LogP contribution is 2.31. The summed E-state index contributed by atoms with van der Waals surface area (Å²) in [5.74, 6) is 2.49. The fourth-order valence-corrected chi connectivity index (χ4v) is 4.26. The Balaban J connectivity index is 1.89. The fourth-order valence-electron chi connectivity index (χ4n) is 2.91. The van der Waals surface area contributed by atoms with Crippen LogP contribution in [-0.4, -0.2) is 54.8 Å². The lowest BCUT2D eigenvalue weighted by molar-refractivity contribution is -0.0206. The lowest BCUT2D eigenvalue weighted by atomic mass is 9.93. The molecule has 2 atom stereocenters. The average Bonchev–Trinajstić information content (AvgIpc) is 2.40. The van der Waals surface area contributed by atoms with Gasteiger partial charge < -0.3 is 10.5 Å². The maximum absolute atomic E-state index is 6.05. The molecule has 2 aliphatic heterocycles. The normalized spacial score (nSPS) is 35.1. The zero-order chi connectivity index (χ0) is 12.1. The van der Waals surface area contributed by atoms with E-state index in [0.717, 1.165) is 19.7 Å². The molecule has 2 N–H and O–H groups in total. The molecule has 2 heterocycles. The molecular formula is C13H26N2OS. The Kier molecular flexibility index (Phi) is 5.15. The average molecular weight is 258 g/mol. The van der Waals surface area contributed by atoms with Crippen molar-refractivity contribution in [2.24, 2.45) is 5.73 Å². The van der Waals surface area contributed by atoms with Crippen LogP contribution in [-0.2, 0) is 4.74 Å². The molecule has 4 heteroatoms. The molecular weight excluding hydrogens is 232 g/mol. The third kappa shape index (κ3) is 3.37. The van der Waals surface area contributed by atoms with E-state index in [2.05, 4.69) is 23.7 Å². The Morgan fingerprint density at radius 3 is 2.88 bits per heavy atom. The standard InChI is InChI=1S/C13H26N2OS/c1-15(9-12-5-2-3-7-16-12)13(10-14)6-4-8-17-11-13/h12H,2-11,14H2,1H3. The number of thioether (sulfide) groups is 1. The SMILES string of the molecule is CN(CC1CCCCO1)C1(CN)CCCSC1. The largest absolute Gasteiger partial charge is 0.377 e. The molecule has 0 aromatic carbocycles. The maximum atomic E-state index is 6.05. The molecule has 0 spiro atoms. The van der Waals surface area contributed by atoms with Crippen LogP contribution in [0.4, 0.5) is 0 Å². The minimum atomic E-state index is 0.226. The highest BCUT2D eigenvalue weighted by molar-refractivity contribution is 7.99. The Labute approximate surface area is 109 Å².